The van der Waals surface area contributed by atoms with E-state index < -0.39 is 91.9 Å². The molecule has 0 amide bonds. The lowest BCUT2D eigenvalue weighted by atomic mass is 9.74. The van der Waals surface area contributed by atoms with Crippen molar-refractivity contribution in [2.24, 2.45) is 0 Å². The first kappa shape index (κ1) is 34.2. The lowest BCUT2D eigenvalue weighted by molar-refractivity contribution is -0.452. The normalized spacial score (nSPS) is 18.9. The Morgan fingerprint density at radius 3 is 1.42 bits per heavy atom. The van der Waals surface area contributed by atoms with Gasteiger partial charge in [-0.15, -0.1) is 0 Å². The molecule has 3 unspecified atom stereocenters. The highest BCUT2D eigenvalue weighted by molar-refractivity contribution is 5.68. The zero-order valence-electron chi connectivity index (χ0n) is 17.2. The van der Waals surface area contributed by atoms with Crippen LogP contribution in [0.4, 0.5) is 79.0 Å². The standard InChI is InChI=1S/C16H14F18O2/c1-36-7(35)5-3-2-4-6-9(18,19)12(25,15(29,30)31)14(27,28)13(26,16(32,33)34)10(20,21)8(17)11(22,23)24/h8H,2-6H2,1H3. The SMILES string of the molecule is COC(=O)CCCCCC(F)(F)C(F)(C(F)(F)F)C(F)(F)C(F)(C(F)(F)F)C(F)(F)C(F)C(F)(F)F. The van der Waals surface area contributed by atoms with Crippen molar-refractivity contribution in [2.75, 3.05) is 7.11 Å². The van der Waals surface area contributed by atoms with Gasteiger partial charge in [0.15, 0.2) is 0 Å². The van der Waals surface area contributed by atoms with E-state index in [-0.39, 0.29) is 0 Å². The van der Waals surface area contributed by atoms with Crippen molar-refractivity contribution in [3.8, 4) is 0 Å². The predicted octanol–water partition coefficient (Wildman–Crippen LogP) is 7.46. The summed E-state index contributed by atoms with van der Waals surface area (Å²) in [4.78, 5) is 10.8. The van der Waals surface area contributed by atoms with Crippen LogP contribution in [0.5, 0.6) is 0 Å². The Hall–Kier alpha value is -1.79. The van der Waals surface area contributed by atoms with E-state index in [1.165, 1.54) is 0 Å². The summed E-state index contributed by atoms with van der Waals surface area (Å²) in [6.45, 7) is 0. The molecule has 0 saturated heterocycles. The molecule has 0 bridgehead atoms. The van der Waals surface area contributed by atoms with Gasteiger partial charge in [0.25, 0.3) is 12.1 Å². The summed E-state index contributed by atoms with van der Waals surface area (Å²) in [7, 11) is 0.819. The summed E-state index contributed by atoms with van der Waals surface area (Å²) >= 11 is 0. The maximum absolute atomic E-state index is 14.5. The molecule has 0 saturated carbocycles. The molecule has 0 aliphatic rings. The molecule has 0 radical (unpaired) electrons. The van der Waals surface area contributed by atoms with Gasteiger partial charge in [-0.25, -0.2) is 22.0 Å². The molecule has 216 valence electrons. The topological polar surface area (TPSA) is 26.3 Å². The van der Waals surface area contributed by atoms with Gasteiger partial charge >= 0.3 is 47.7 Å². The average Bonchev–Trinajstić information content (AvgIpc) is 2.68. The molecule has 0 aliphatic carbocycles. The Labute approximate surface area is 188 Å². The van der Waals surface area contributed by atoms with Crippen molar-refractivity contribution in [3.63, 3.8) is 0 Å². The molecule has 0 aromatic heterocycles. The van der Waals surface area contributed by atoms with Gasteiger partial charge < -0.3 is 4.74 Å². The Bertz CT molecular complexity index is 754. The van der Waals surface area contributed by atoms with Gasteiger partial charge in [0, 0.05) is 12.8 Å². The van der Waals surface area contributed by atoms with Crippen molar-refractivity contribution in [3.05, 3.63) is 0 Å². The van der Waals surface area contributed by atoms with Crippen LogP contribution < -0.4 is 0 Å². The molecule has 3 atom stereocenters. The Morgan fingerprint density at radius 1 is 0.667 bits per heavy atom. The van der Waals surface area contributed by atoms with Crippen LogP contribution in [0.25, 0.3) is 0 Å². The Morgan fingerprint density at radius 2 is 1.08 bits per heavy atom. The van der Waals surface area contributed by atoms with E-state index in [1.807, 2.05) is 0 Å². The van der Waals surface area contributed by atoms with Crippen LogP contribution in [0, 0.1) is 0 Å². The molecule has 0 aromatic rings. The summed E-state index contributed by atoms with van der Waals surface area (Å²) in [5.41, 5.74) is -17.0. The van der Waals surface area contributed by atoms with Crippen LogP contribution in [0.3, 0.4) is 0 Å². The highest BCUT2D eigenvalue weighted by Crippen LogP contribution is 2.66. The van der Waals surface area contributed by atoms with Crippen molar-refractivity contribution < 1.29 is 88.6 Å². The third-order valence-corrected chi connectivity index (χ3v) is 4.81. The van der Waals surface area contributed by atoms with Gasteiger partial charge in [0.1, 0.15) is 0 Å². The summed E-state index contributed by atoms with van der Waals surface area (Å²) in [6.07, 6.45) is -36.9. The summed E-state index contributed by atoms with van der Waals surface area (Å²) in [6, 6.07) is 0. The van der Waals surface area contributed by atoms with Gasteiger partial charge in [-0.3, -0.25) is 4.79 Å². The van der Waals surface area contributed by atoms with Gasteiger partial charge in [0.2, 0.25) is 0 Å². The third-order valence-electron chi connectivity index (χ3n) is 4.81. The van der Waals surface area contributed by atoms with Crippen LogP contribution in [0.1, 0.15) is 32.1 Å². The summed E-state index contributed by atoms with van der Waals surface area (Å²) < 4.78 is 244. The molecular weight excluding hydrogens is 566 g/mol. The second kappa shape index (κ2) is 10.2. The second-order valence-corrected chi connectivity index (χ2v) is 7.26. The van der Waals surface area contributed by atoms with Crippen molar-refractivity contribution in [1.29, 1.82) is 0 Å². The lowest BCUT2D eigenvalue weighted by Gasteiger charge is -2.48. The lowest BCUT2D eigenvalue weighted by Crippen LogP contribution is -2.80. The van der Waals surface area contributed by atoms with Gasteiger partial charge in [-0.05, 0) is 12.8 Å². The number of alkyl halides is 18. The van der Waals surface area contributed by atoms with E-state index in [4.69, 9.17) is 0 Å². The highest BCUT2D eigenvalue weighted by Gasteiger charge is 2.97. The maximum atomic E-state index is 14.5. The zero-order valence-corrected chi connectivity index (χ0v) is 17.2. The summed E-state index contributed by atoms with van der Waals surface area (Å²) in [5, 5.41) is 0. The maximum Gasteiger partial charge on any atom is 0.434 e. The molecule has 0 aliphatic heterocycles. The van der Waals surface area contributed by atoms with Gasteiger partial charge in [0.05, 0.1) is 7.11 Å². The second-order valence-electron chi connectivity index (χ2n) is 7.26. The molecule has 0 rings (SSSR count). The molecule has 20 heteroatoms. The van der Waals surface area contributed by atoms with Crippen molar-refractivity contribution >= 4 is 5.97 Å². The number of carbonyl (C=O) groups is 1. The van der Waals surface area contributed by atoms with Gasteiger partial charge in [-0.2, -0.15) is 57.1 Å². The van der Waals surface area contributed by atoms with Crippen LogP contribution in [-0.2, 0) is 9.53 Å². The minimum Gasteiger partial charge on any atom is -0.469 e. The smallest absolute Gasteiger partial charge is 0.434 e. The monoisotopic (exact) mass is 580 g/mol. The van der Waals surface area contributed by atoms with Crippen LogP contribution in [0.2, 0.25) is 0 Å². The fraction of sp³-hybridized carbons (Fsp3) is 0.938. The first-order valence-corrected chi connectivity index (χ1v) is 9.03. The van der Waals surface area contributed by atoms with E-state index in [9.17, 15) is 83.8 Å². The molecular formula is C16H14F18O2. The predicted molar refractivity (Wildman–Crippen MR) is 80.7 cm³/mol. The molecule has 0 heterocycles. The average molecular weight is 580 g/mol. The van der Waals surface area contributed by atoms with E-state index in [0.717, 1.165) is 7.11 Å². The quantitative estimate of drug-likeness (QED) is 0.144. The number of methoxy groups -OCH3 is 1. The Balaban J connectivity index is 6.85. The number of unbranched alkanes of at least 4 members (excludes halogenated alkanes) is 2. The van der Waals surface area contributed by atoms with Crippen molar-refractivity contribution in [2.45, 2.75) is 85.9 Å². The van der Waals surface area contributed by atoms with Gasteiger partial charge in [-0.1, -0.05) is 6.42 Å². The van der Waals surface area contributed by atoms with Crippen LogP contribution in [-0.4, -0.2) is 66.9 Å². The van der Waals surface area contributed by atoms with Crippen molar-refractivity contribution in [1.82, 2.24) is 0 Å². The number of hydrogen-bond acceptors (Lipinski definition) is 2. The number of hydrogen-bond donors (Lipinski definition) is 0. The molecule has 0 spiro atoms. The first-order valence-electron chi connectivity index (χ1n) is 9.03. The number of rotatable bonds is 11. The minimum absolute atomic E-state index is 0.562. The Kier molecular flexibility index (Phi) is 9.66. The first-order chi connectivity index (χ1) is 15.6. The largest absolute Gasteiger partial charge is 0.469 e. The highest BCUT2D eigenvalue weighted by atomic mass is 19.4. The fourth-order valence-corrected chi connectivity index (χ4v) is 2.88. The minimum atomic E-state index is -8.81. The molecule has 0 aromatic carbocycles. The number of halogens is 18. The fourth-order valence-electron chi connectivity index (χ4n) is 2.88. The molecule has 2 nitrogen and oxygen atoms in total. The van der Waals surface area contributed by atoms with Crippen LogP contribution in [0.15, 0.2) is 0 Å². The summed E-state index contributed by atoms with van der Waals surface area (Å²) in [5.74, 6) is -25.1. The van der Waals surface area contributed by atoms with E-state index in [0.29, 0.717) is 0 Å². The van der Waals surface area contributed by atoms with Crippen LogP contribution >= 0.6 is 0 Å². The number of ether oxygens (including phenoxy) is 1. The van der Waals surface area contributed by atoms with E-state index >= 15 is 0 Å². The molecule has 0 N–H and O–H groups in total. The number of carbonyl (C=O) groups excluding carboxylic acids is 1. The van der Waals surface area contributed by atoms with E-state index in [1.54, 1.807) is 0 Å². The molecule has 0 fully saturated rings. The molecule has 36 heavy (non-hydrogen) atoms. The zero-order chi connectivity index (χ0) is 29.4. The number of esters is 1. The third kappa shape index (κ3) is 5.55. The van der Waals surface area contributed by atoms with E-state index in [2.05, 4.69) is 4.74 Å².